The van der Waals surface area contributed by atoms with Gasteiger partial charge in [0.05, 0.1) is 29.7 Å². The molecule has 0 radical (unpaired) electrons. The van der Waals surface area contributed by atoms with E-state index in [1.807, 2.05) is 25.5 Å². The van der Waals surface area contributed by atoms with Crippen LogP contribution in [0.1, 0.15) is 13.8 Å². The molecule has 0 unspecified atom stereocenters. The topological polar surface area (TPSA) is 23.9 Å². The maximum atomic E-state index is 7.23. The largest absolute Gasteiger partial charge is 0.275 e. The van der Waals surface area contributed by atoms with Crippen molar-refractivity contribution in [2.75, 3.05) is 0 Å². The Morgan fingerprint density at radius 1 is 1.33 bits per heavy atom. The Kier molecular flexibility index (Phi) is 1.43. The predicted octanol–water partition coefficient (Wildman–Crippen LogP) is 2.12. The van der Waals surface area contributed by atoms with E-state index in [2.05, 4.69) is 6.92 Å². The molecule has 1 heteroatoms. The summed E-state index contributed by atoms with van der Waals surface area (Å²) in [5.74, 6) is 0. The van der Waals surface area contributed by atoms with Gasteiger partial charge in [-0.15, -0.1) is 0 Å². The molecule has 0 aliphatic heterocycles. The number of hydrogen-bond donors (Lipinski definition) is 1. The summed E-state index contributed by atoms with van der Waals surface area (Å²) >= 11 is 0. The van der Waals surface area contributed by atoms with E-state index in [-0.39, 0.29) is 0 Å². The van der Waals surface area contributed by atoms with Crippen LogP contribution < -0.4 is 0 Å². The zero-order chi connectivity index (χ0) is 6.85. The highest BCUT2D eigenvalue weighted by atomic mass is 14.4. The minimum atomic E-state index is 0.595. The smallest absolute Gasteiger partial charge is 0.165 e. The lowest BCUT2D eigenvalue weighted by Crippen LogP contribution is -1.98. The van der Waals surface area contributed by atoms with Crippen molar-refractivity contribution in [2.45, 2.75) is 13.8 Å². The zero-order valence-electron chi connectivity index (χ0n) is 5.73. The first-order valence-corrected chi connectivity index (χ1v) is 2.99. The molecule has 1 aliphatic carbocycles. The summed E-state index contributed by atoms with van der Waals surface area (Å²) in [5, 5.41) is 7.23. The van der Waals surface area contributed by atoms with Gasteiger partial charge in [0.2, 0.25) is 0 Å². The zero-order valence-corrected chi connectivity index (χ0v) is 5.73. The summed E-state index contributed by atoms with van der Waals surface area (Å²) in [5.41, 5.74) is 3.05. The molecule has 9 heavy (non-hydrogen) atoms. The van der Waals surface area contributed by atoms with Crippen LogP contribution in [-0.4, -0.2) is 5.71 Å². The van der Waals surface area contributed by atoms with E-state index < -0.39 is 0 Å². The molecule has 0 aromatic carbocycles. The van der Waals surface area contributed by atoms with Gasteiger partial charge in [-0.3, -0.25) is 5.41 Å². The maximum Gasteiger partial charge on any atom is 0.165 e. The van der Waals surface area contributed by atoms with Crippen molar-refractivity contribution in [3.05, 3.63) is 29.7 Å². The van der Waals surface area contributed by atoms with Gasteiger partial charge in [0.1, 0.15) is 0 Å². The second-order valence-corrected chi connectivity index (χ2v) is 2.30. The minimum Gasteiger partial charge on any atom is -0.275 e. The van der Waals surface area contributed by atoms with Crippen molar-refractivity contribution in [1.29, 1.82) is 5.41 Å². The maximum absolute atomic E-state index is 7.23. The quantitative estimate of drug-likeness (QED) is 0.473. The van der Waals surface area contributed by atoms with Gasteiger partial charge >= 0.3 is 0 Å². The molecule has 46 valence electrons. The van der Waals surface area contributed by atoms with E-state index in [1.54, 1.807) is 0 Å². The molecule has 1 N–H and O–H groups in total. The minimum absolute atomic E-state index is 0.595. The lowest BCUT2D eigenvalue weighted by atomic mass is 10.00. The van der Waals surface area contributed by atoms with Crippen LogP contribution in [0.3, 0.4) is 0 Å². The summed E-state index contributed by atoms with van der Waals surface area (Å²) in [6, 6.07) is 0. The molecule has 0 spiro atoms. The van der Waals surface area contributed by atoms with Gasteiger partial charge in [0.15, 0.2) is 5.71 Å². The second-order valence-electron chi connectivity index (χ2n) is 2.30. The van der Waals surface area contributed by atoms with Crippen molar-refractivity contribution in [3.63, 3.8) is 0 Å². The third kappa shape index (κ3) is 1.22. The van der Waals surface area contributed by atoms with Crippen LogP contribution in [0.25, 0.3) is 0 Å². The number of rotatable bonds is 0. The molecule has 0 aromatic rings. The molecule has 0 heterocycles. The molecule has 1 rings (SSSR count). The third-order valence-electron chi connectivity index (χ3n) is 1.51. The highest BCUT2D eigenvalue weighted by molar-refractivity contribution is 6.03. The Bertz CT molecular complexity index is 197. The predicted molar refractivity (Wildman–Crippen MR) is 39.5 cm³/mol. The van der Waals surface area contributed by atoms with Crippen LogP contribution in [0.4, 0.5) is 0 Å². The first-order chi connectivity index (χ1) is 4.20. The van der Waals surface area contributed by atoms with Crippen LogP contribution in [0, 0.1) is 11.8 Å². The number of hydrogen-bond acceptors (Lipinski definition) is 1. The van der Waals surface area contributed by atoms with Crippen molar-refractivity contribution in [1.82, 2.24) is 0 Å². The van der Waals surface area contributed by atoms with Gasteiger partial charge in [-0.2, -0.15) is 0 Å². The fourth-order valence-corrected chi connectivity index (χ4v) is 0.741. The highest BCUT2D eigenvalue weighted by Gasteiger charge is 2.10. The fraction of sp³-hybridized carbons (Fsp3) is 0.250. The number of nitrogens with one attached hydrogen (secondary N) is 1. The molecule has 0 saturated carbocycles. The SMILES string of the molecule is CC1=C[CH+]C(=N)C=C1C. The van der Waals surface area contributed by atoms with Crippen LogP contribution >= 0.6 is 0 Å². The van der Waals surface area contributed by atoms with Gasteiger partial charge in [0.25, 0.3) is 0 Å². The average Bonchev–Trinajstić information content (AvgIpc) is 1.80. The molecular formula is C8H10N+. The van der Waals surface area contributed by atoms with Crippen LogP contribution in [0.5, 0.6) is 0 Å². The van der Waals surface area contributed by atoms with Crippen LogP contribution in [0.15, 0.2) is 23.3 Å². The molecule has 1 nitrogen and oxygen atoms in total. The van der Waals surface area contributed by atoms with Crippen molar-refractivity contribution in [2.24, 2.45) is 0 Å². The van der Waals surface area contributed by atoms with Gasteiger partial charge in [-0.1, -0.05) is 0 Å². The summed E-state index contributed by atoms with van der Waals surface area (Å²) in [6.07, 6.45) is 5.65. The van der Waals surface area contributed by atoms with Crippen molar-refractivity contribution in [3.8, 4) is 0 Å². The third-order valence-corrected chi connectivity index (χ3v) is 1.51. The van der Waals surface area contributed by atoms with Crippen molar-refractivity contribution >= 4 is 5.71 Å². The molecule has 0 atom stereocenters. The Hall–Kier alpha value is -0.980. The van der Waals surface area contributed by atoms with E-state index in [0.717, 1.165) is 0 Å². The Morgan fingerprint density at radius 2 is 2.00 bits per heavy atom. The molecule has 0 bridgehead atoms. The second kappa shape index (κ2) is 2.09. The molecule has 0 amide bonds. The van der Waals surface area contributed by atoms with E-state index in [1.165, 1.54) is 11.1 Å². The lowest BCUT2D eigenvalue weighted by molar-refractivity contribution is 1.31. The monoisotopic (exact) mass is 120 g/mol. The first-order valence-electron chi connectivity index (χ1n) is 2.99. The lowest BCUT2D eigenvalue weighted by Gasteiger charge is -1.97. The van der Waals surface area contributed by atoms with E-state index >= 15 is 0 Å². The molecule has 0 saturated heterocycles. The molecule has 0 fully saturated rings. The highest BCUT2D eigenvalue weighted by Crippen LogP contribution is 2.13. The number of allylic oxidation sites excluding steroid dienone is 4. The molecular weight excluding hydrogens is 110 g/mol. The average molecular weight is 120 g/mol. The van der Waals surface area contributed by atoms with E-state index in [4.69, 9.17) is 5.41 Å². The van der Waals surface area contributed by atoms with E-state index in [0.29, 0.717) is 5.71 Å². The van der Waals surface area contributed by atoms with Gasteiger partial charge in [-0.05, 0) is 6.92 Å². The van der Waals surface area contributed by atoms with Gasteiger partial charge in [0, 0.05) is 6.92 Å². The van der Waals surface area contributed by atoms with Crippen LogP contribution in [-0.2, 0) is 0 Å². The van der Waals surface area contributed by atoms with Gasteiger partial charge in [-0.25, -0.2) is 0 Å². The fourth-order valence-electron chi connectivity index (χ4n) is 0.741. The Labute approximate surface area is 55.6 Å². The van der Waals surface area contributed by atoms with E-state index in [9.17, 15) is 0 Å². The summed E-state index contributed by atoms with van der Waals surface area (Å²) in [4.78, 5) is 0. The molecule has 0 aromatic heterocycles. The van der Waals surface area contributed by atoms with Gasteiger partial charge < -0.3 is 0 Å². The normalized spacial score (nSPS) is 18.2. The van der Waals surface area contributed by atoms with Crippen LogP contribution in [0.2, 0.25) is 0 Å². The summed E-state index contributed by atoms with van der Waals surface area (Å²) in [6.45, 7) is 4.07. The molecule has 1 aliphatic rings. The Morgan fingerprint density at radius 3 is 2.44 bits per heavy atom. The standard InChI is InChI=1S/C8H10N/c1-6-3-4-8(9)5-7(6)2/h3-5,9H,1-2H3/q+1. The first kappa shape index (κ1) is 6.14. The Balaban J connectivity index is 2.87. The summed E-state index contributed by atoms with van der Waals surface area (Å²) < 4.78 is 0. The summed E-state index contributed by atoms with van der Waals surface area (Å²) in [7, 11) is 0. The van der Waals surface area contributed by atoms with Crippen molar-refractivity contribution < 1.29 is 0 Å².